The van der Waals surface area contributed by atoms with E-state index in [9.17, 15) is 4.39 Å². The van der Waals surface area contributed by atoms with Crippen molar-refractivity contribution in [3.05, 3.63) is 29.6 Å². The Labute approximate surface area is 96.5 Å². The highest BCUT2D eigenvalue weighted by Crippen LogP contribution is 2.28. The first kappa shape index (κ1) is 11.4. The number of nitrogens with zero attached hydrogens (tertiary/aromatic N) is 1. The van der Waals surface area contributed by atoms with Gasteiger partial charge in [-0.25, -0.2) is 4.39 Å². The number of fused-ring (bicyclic) bond motifs is 1. The highest BCUT2D eigenvalue weighted by molar-refractivity contribution is 5.58. The molecule has 0 fully saturated rings. The molecule has 0 amide bonds. The van der Waals surface area contributed by atoms with E-state index >= 15 is 0 Å². The van der Waals surface area contributed by atoms with Crippen molar-refractivity contribution in [3.8, 4) is 0 Å². The lowest BCUT2D eigenvalue weighted by molar-refractivity contribution is 0.559. The summed E-state index contributed by atoms with van der Waals surface area (Å²) < 4.78 is 13.2. The third-order valence-corrected chi connectivity index (χ3v) is 3.36. The summed E-state index contributed by atoms with van der Waals surface area (Å²) in [5.41, 5.74) is 2.36. The lowest BCUT2D eigenvalue weighted by atomic mass is 10.1. The lowest BCUT2D eigenvalue weighted by Crippen LogP contribution is -2.29. The molecule has 1 aliphatic rings. The second kappa shape index (κ2) is 4.83. The molecule has 1 unspecified atom stereocenters. The van der Waals surface area contributed by atoms with Gasteiger partial charge >= 0.3 is 0 Å². The Morgan fingerprint density at radius 2 is 2.31 bits per heavy atom. The van der Waals surface area contributed by atoms with Crippen LogP contribution in [0.15, 0.2) is 18.2 Å². The third-order valence-electron chi connectivity index (χ3n) is 3.36. The first-order valence-electron chi connectivity index (χ1n) is 5.91. The zero-order chi connectivity index (χ0) is 11.5. The Morgan fingerprint density at radius 1 is 1.50 bits per heavy atom. The van der Waals surface area contributed by atoms with Gasteiger partial charge in [-0.3, -0.25) is 0 Å². The van der Waals surface area contributed by atoms with Crippen LogP contribution in [0.2, 0.25) is 0 Å². The minimum Gasteiger partial charge on any atom is -0.371 e. The summed E-state index contributed by atoms with van der Waals surface area (Å²) in [5, 5.41) is 3.22. The Balaban J connectivity index is 2.02. The van der Waals surface area contributed by atoms with Crippen LogP contribution in [0.25, 0.3) is 0 Å². The fourth-order valence-corrected chi connectivity index (χ4v) is 2.14. The average Bonchev–Trinajstić information content (AvgIpc) is 2.68. The minimum absolute atomic E-state index is 0.132. The maximum absolute atomic E-state index is 13.2. The highest BCUT2D eigenvalue weighted by atomic mass is 19.1. The maximum Gasteiger partial charge on any atom is 0.125 e. The first-order valence-corrected chi connectivity index (χ1v) is 5.91. The molecule has 0 aromatic heterocycles. The van der Waals surface area contributed by atoms with Gasteiger partial charge in [-0.2, -0.15) is 0 Å². The van der Waals surface area contributed by atoms with Gasteiger partial charge in [0, 0.05) is 24.8 Å². The summed E-state index contributed by atoms with van der Waals surface area (Å²) in [6.45, 7) is 4.19. The molecule has 1 N–H and O–H groups in total. The number of halogens is 1. The minimum atomic E-state index is -0.132. The first-order chi connectivity index (χ1) is 7.70. The summed E-state index contributed by atoms with van der Waals surface area (Å²) in [5.74, 6) is -0.132. The SMILES string of the molecule is CNC(C)CCN1CCc2ccc(F)cc21. The Bertz CT molecular complexity index is 365. The van der Waals surface area contributed by atoms with Crippen LogP contribution in [0.1, 0.15) is 18.9 Å². The smallest absolute Gasteiger partial charge is 0.125 e. The van der Waals surface area contributed by atoms with Crippen LogP contribution in [-0.4, -0.2) is 26.2 Å². The molecule has 0 radical (unpaired) electrons. The van der Waals surface area contributed by atoms with Crippen LogP contribution >= 0.6 is 0 Å². The zero-order valence-electron chi connectivity index (χ0n) is 9.96. The number of hydrogen-bond acceptors (Lipinski definition) is 2. The number of nitrogens with one attached hydrogen (secondary N) is 1. The number of anilines is 1. The molecule has 0 aliphatic carbocycles. The average molecular weight is 222 g/mol. The molecular formula is C13H19FN2. The summed E-state index contributed by atoms with van der Waals surface area (Å²) in [6.07, 6.45) is 2.13. The predicted octanol–water partition coefficient (Wildman–Crippen LogP) is 2.19. The Kier molecular flexibility index (Phi) is 3.44. The van der Waals surface area contributed by atoms with Crippen molar-refractivity contribution in [2.24, 2.45) is 0 Å². The van der Waals surface area contributed by atoms with E-state index in [0.29, 0.717) is 6.04 Å². The predicted molar refractivity (Wildman–Crippen MR) is 65.5 cm³/mol. The largest absolute Gasteiger partial charge is 0.371 e. The van der Waals surface area contributed by atoms with Gasteiger partial charge in [-0.1, -0.05) is 6.07 Å². The van der Waals surface area contributed by atoms with Gasteiger partial charge in [-0.05, 0) is 44.5 Å². The van der Waals surface area contributed by atoms with Crippen LogP contribution in [0.5, 0.6) is 0 Å². The lowest BCUT2D eigenvalue weighted by Gasteiger charge is -2.21. The van der Waals surface area contributed by atoms with E-state index in [4.69, 9.17) is 0 Å². The van der Waals surface area contributed by atoms with E-state index in [1.165, 1.54) is 5.56 Å². The standard InChI is InChI=1S/C13H19FN2/c1-10(15-2)5-7-16-8-6-11-3-4-12(14)9-13(11)16/h3-4,9-10,15H,5-8H2,1-2H3. The molecule has 0 saturated heterocycles. The topological polar surface area (TPSA) is 15.3 Å². The molecule has 0 bridgehead atoms. The van der Waals surface area contributed by atoms with Crippen LogP contribution in [-0.2, 0) is 6.42 Å². The van der Waals surface area contributed by atoms with Crippen molar-refractivity contribution in [3.63, 3.8) is 0 Å². The summed E-state index contributed by atoms with van der Waals surface area (Å²) in [6, 6.07) is 5.63. The quantitative estimate of drug-likeness (QED) is 0.840. The fraction of sp³-hybridized carbons (Fsp3) is 0.538. The van der Waals surface area contributed by atoms with Gasteiger partial charge in [0.15, 0.2) is 0 Å². The second-order valence-corrected chi connectivity index (χ2v) is 4.49. The van der Waals surface area contributed by atoms with E-state index in [0.717, 1.165) is 31.6 Å². The molecule has 0 spiro atoms. The van der Waals surface area contributed by atoms with Gasteiger partial charge in [0.2, 0.25) is 0 Å². The van der Waals surface area contributed by atoms with Crippen LogP contribution in [0.3, 0.4) is 0 Å². The monoisotopic (exact) mass is 222 g/mol. The number of rotatable bonds is 4. The molecule has 1 aromatic rings. The van der Waals surface area contributed by atoms with Crippen LogP contribution < -0.4 is 10.2 Å². The van der Waals surface area contributed by atoms with Crippen LogP contribution in [0, 0.1) is 5.82 Å². The Hall–Kier alpha value is -1.09. The molecule has 16 heavy (non-hydrogen) atoms. The van der Waals surface area contributed by atoms with Gasteiger partial charge in [-0.15, -0.1) is 0 Å². The molecular weight excluding hydrogens is 203 g/mol. The van der Waals surface area contributed by atoms with Crippen molar-refractivity contribution in [1.82, 2.24) is 5.32 Å². The van der Waals surface area contributed by atoms with E-state index in [1.54, 1.807) is 12.1 Å². The van der Waals surface area contributed by atoms with Gasteiger partial charge in [0.1, 0.15) is 5.82 Å². The molecule has 1 aromatic carbocycles. The molecule has 2 rings (SSSR count). The zero-order valence-corrected chi connectivity index (χ0v) is 9.96. The normalized spacial score (nSPS) is 16.3. The molecule has 3 heteroatoms. The molecule has 2 nitrogen and oxygen atoms in total. The van der Waals surface area contributed by atoms with Crippen molar-refractivity contribution in [2.45, 2.75) is 25.8 Å². The molecule has 1 aliphatic heterocycles. The molecule has 88 valence electrons. The van der Waals surface area contributed by atoms with Gasteiger partial charge in [0.25, 0.3) is 0 Å². The molecule has 1 atom stereocenters. The third kappa shape index (κ3) is 2.35. The van der Waals surface area contributed by atoms with Crippen molar-refractivity contribution in [1.29, 1.82) is 0 Å². The second-order valence-electron chi connectivity index (χ2n) is 4.49. The molecule has 0 saturated carbocycles. The fourth-order valence-electron chi connectivity index (χ4n) is 2.14. The van der Waals surface area contributed by atoms with Crippen molar-refractivity contribution in [2.75, 3.05) is 25.0 Å². The summed E-state index contributed by atoms with van der Waals surface area (Å²) in [7, 11) is 1.97. The number of hydrogen-bond donors (Lipinski definition) is 1. The van der Waals surface area contributed by atoms with Crippen LogP contribution in [0.4, 0.5) is 10.1 Å². The molecule has 1 heterocycles. The van der Waals surface area contributed by atoms with E-state index < -0.39 is 0 Å². The van der Waals surface area contributed by atoms with Crippen molar-refractivity contribution < 1.29 is 4.39 Å². The van der Waals surface area contributed by atoms with E-state index in [-0.39, 0.29) is 5.82 Å². The maximum atomic E-state index is 13.2. The van der Waals surface area contributed by atoms with Gasteiger partial charge in [0.05, 0.1) is 0 Å². The number of benzene rings is 1. The van der Waals surface area contributed by atoms with Crippen molar-refractivity contribution >= 4 is 5.69 Å². The van der Waals surface area contributed by atoms with Gasteiger partial charge < -0.3 is 10.2 Å². The summed E-state index contributed by atoms with van der Waals surface area (Å²) in [4.78, 5) is 2.28. The van der Waals surface area contributed by atoms with E-state index in [1.807, 2.05) is 13.1 Å². The summed E-state index contributed by atoms with van der Waals surface area (Å²) >= 11 is 0. The van der Waals surface area contributed by atoms with E-state index in [2.05, 4.69) is 17.1 Å². The Morgan fingerprint density at radius 3 is 3.06 bits per heavy atom. The highest BCUT2D eigenvalue weighted by Gasteiger charge is 2.19.